The average Bonchev–Trinajstić information content (AvgIpc) is 2.73. The van der Waals surface area contributed by atoms with Crippen LogP contribution in [-0.2, 0) is 20.7 Å². The maximum Gasteiger partial charge on any atom is 0.429 e. The third-order valence-electron chi connectivity index (χ3n) is 4.71. The first kappa shape index (κ1) is 21.4. The largest absolute Gasteiger partial charge is 0.475 e. The van der Waals surface area contributed by atoms with Crippen LogP contribution < -0.4 is 9.47 Å². The Hall–Kier alpha value is -3.29. The lowest BCUT2D eigenvalue weighted by Gasteiger charge is -2.29. The van der Waals surface area contributed by atoms with E-state index in [0.29, 0.717) is 17.1 Å². The van der Waals surface area contributed by atoms with Crippen LogP contribution in [0.25, 0.3) is 6.08 Å². The molecule has 1 atom stereocenters. The summed E-state index contributed by atoms with van der Waals surface area (Å²) in [6.45, 7) is 3.58. The van der Waals surface area contributed by atoms with E-state index >= 15 is 0 Å². The molecule has 0 aliphatic carbocycles. The number of hydrogen-bond donors (Lipinski definition) is 0. The van der Waals surface area contributed by atoms with Gasteiger partial charge in [-0.3, -0.25) is 4.79 Å². The number of ketones is 1. The van der Waals surface area contributed by atoms with Gasteiger partial charge in [-0.2, -0.15) is 13.2 Å². The number of ether oxygens (including phenoxy) is 3. The Bertz CT molecular complexity index is 1010. The van der Waals surface area contributed by atoms with Gasteiger partial charge in [0.1, 0.15) is 17.2 Å². The van der Waals surface area contributed by atoms with Crippen molar-refractivity contribution in [2.45, 2.75) is 32.5 Å². The van der Waals surface area contributed by atoms with E-state index < -0.39 is 29.6 Å². The molecule has 0 fully saturated rings. The minimum Gasteiger partial charge on any atom is -0.475 e. The summed E-state index contributed by atoms with van der Waals surface area (Å²) in [6.07, 6.45) is -5.63. The Labute approximate surface area is 171 Å². The number of methoxy groups -OCH3 is 1. The number of aryl methyl sites for hydroxylation is 1. The van der Waals surface area contributed by atoms with Gasteiger partial charge >= 0.3 is 12.1 Å². The number of carbonyl (C=O) groups is 2. The molecule has 1 unspecified atom stereocenters. The normalized spacial score (nSPS) is 15.5. The Morgan fingerprint density at radius 3 is 2.33 bits per heavy atom. The van der Waals surface area contributed by atoms with Crippen LogP contribution >= 0.6 is 0 Å². The molecule has 1 aliphatic rings. The first-order valence-electron chi connectivity index (χ1n) is 9.13. The lowest BCUT2D eigenvalue weighted by molar-refractivity contribution is -0.185. The maximum atomic E-state index is 13.6. The van der Waals surface area contributed by atoms with E-state index in [2.05, 4.69) is 4.74 Å². The Balaban J connectivity index is 2.00. The van der Waals surface area contributed by atoms with Crippen molar-refractivity contribution >= 4 is 17.8 Å². The Kier molecular flexibility index (Phi) is 5.87. The van der Waals surface area contributed by atoms with Gasteiger partial charge < -0.3 is 14.2 Å². The van der Waals surface area contributed by atoms with E-state index in [-0.39, 0.29) is 11.3 Å². The van der Waals surface area contributed by atoms with Gasteiger partial charge in [-0.15, -0.1) is 0 Å². The topological polar surface area (TPSA) is 61.8 Å². The lowest BCUT2D eigenvalue weighted by Crippen LogP contribution is -2.42. The molecule has 0 N–H and O–H groups in total. The highest BCUT2D eigenvalue weighted by Crippen LogP contribution is 2.42. The summed E-state index contributed by atoms with van der Waals surface area (Å²) in [5, 5.41) is 0. The number of halogens is 3. The predicted octanol–water partition coefficient (Wildman–Crippen LogP) is 4.80. The SMILES string of the molecule is CCc1ccc(Oc2ccc3c(c2C)OC(C(F)(F)F)C(C(=O)C(=O)OC)=C3)cc1. The second kappa shape index (κ2) is 8.22. The fourth-order valence-electron chi connectivity index (χ4n) is 3.06. The standard InChI is InChI=1S/C22H19F3O5/c1-4-13-5-8-15(9-6-13)29-17-10-7-14-11-16(18(26)21(27)28-3)20(22(23,24)25)30-19(14)12(17)2/h5-11,20H,4H2,1-3H3. The molecule has 0 spiro atoms. The molecule has 2 aromatic carbocycles. The van der Waals surface area contributed by atoms with Gasteiger partial charge in [-0.05, 0) is 49.2 Å². The van der Waals surface area contributed by atoms with Crippen LogP contribution in [0.3, 0.4) is 0 Å². The molecule has 1 aliphatic heterocycles. The third kappa shape index (κ3) is 4.17. The highest BCUT2D eigenvalue weighted by atomic mass is 19.4. The van der Waals surface area contributed by atoms with Gasteiger partial charge in [-0.25, -0.2) is 4.79 Å². The first-order valence-corrected chi connectivity index (χ1v) is 9.13. The smallest absolute Gasteiger partial charge is 0.429 e. The van der Waals surface area contributed by atoms with Crippen LogP contribution in [-0.4, -0.2) is 31.1 Å². The van der Waals surface area contributed by atoms with Crippen molar-refractivity contribution in [3.8, 4) is 17.2 Å². The summed E-state index contributed by atoms with van der Waals surface area (Å²) in [6, 6.07) is 10.4. The summed E-state index contributed by atoms with van der Waals surface area (Å²) in [7, 11) is 0.918. The van der Waals surface area contributed by atoms with E-state index in [1.54, 1.807) is 25.1 Å². The van der Waals surface area contributed by atoms with Crippen molar-refractivity contribution < 1.29 is 37.0 Å². The second-order valence-electron chi connectivity index (χ2n) is 6.67. The van der Waals surface area contributed by atoms with E-state index in [0.717, 1.165) is 25.2 Å². The van der Waals surface area contributed by atoms with Crippen LogP contribution in [0.1, 0.15) is 23.6 Å². The molecule has 0 aromatic heterocycles. The quantitative estimate of drug-likeness (QED) is 0.514. The zero-order valence-electron chi connectivity index (χ0n) is 16.5. The minimum absolute atomic E-state index is 0.0681. The number of rotatable bonds is 5. The van der Waals surface area contributed by atoms with Crippen molar-refractivity contribution in [3.63, 3.8) is 0 Å². The molecule has 30 heavy (non-hydrogen) atoms. The number of benzene rings is 2. The number of alkyl halides is 3. The van der Waals surface area contributed by atoms with E-state index in [4.69, 9.17) is 9.47 Å². The van der Waals surface area contributed by atoms with Crippen LogP contribution in [0.15, 0.2) is 42.0 Å². The summed E-state index contributed by atoms with van der Waals surface area (Å²) in [4.78, 5) is 23.6. The van der Waals surface area contributed by atoms with Crippen molar-refractivity contribution in [2.24, 2.45) is 0 Å². The van der Waals surface area contributed by atoms with Gasteiger partial charge in [0, 0.05) is 11.1 Å². The number of esters is 1. The number of Topliss-reactive ketones (excluding diaryl/α,β-unsaturated/α-hetero) is 1. The zero-order chi connectivity index (χ0) is 22.1. The maximum absolute atomic E-state index is 13.6. The predicted molar refractivity (Wildman–Crippen MR) is 103 cm³/mol. The summed E-state index contributed by atoms with van der Waals surface area (Å²) in [5.41, 5.74) is 0.856. The molecular formula is C22H19F3O5. The fourth-order valence-corrected chi connectivity index (χ4v) is 3.06. The molecule has 2 aromatic rings. The first-order chi connectivity index (χ1) is 14.2. The van der Waals surface area contributed by atoms with Crippen molar-refractivity contribution in [1.82, 2.24) is 0 Å². The van der Waals surface area contributed by atoms with Gasteiger partial charge in [0.2, 0.25) is 6.10 Å². The molecule has 0 saturated heterocycles. The monoisotopic (exact) mass is 420 g/mol. The highest BCUT2D eigenvalue weighted by Gasteiger charge is 2.49. The van der Waals surface area contributed by atoms with Gasteiger partial charge in [-0.1, -0.05) is 19.1 Å². The Morgan fingerprint density at radius 2 is 1.77 bits per heavy atom. The molecule has 1 heterocycles. The second-order valence-corrected chi connectivity index (χ2v) is 6.67. The van der Waals surface area contributed by atoms with E-state index in [1.165, 1.54) is 6.07 Å². The van der Waals surface area contributed by atoms with Gasteiger partial charge in [0.15, 0.2) is 0 Å². The average molecular weight is 420 g/mol. The summed E-state index contributed by atoms with van der Waals surface area (Å²) in [5.74, 6) is -2.03. The van der Waals surface area contributed by atoms with Crippen LogP contribution in [0, 0.1) is 6.92 Å². The highest BCUT2D eigenvalue weighted by molar-refractivity contribution is 6.41. The van der Waals surface area contributed by atoms with E-state index in [1.807, 2.05) is 19.1 Å². The molecular weight excluding hydrogens is 401 g/mol. The molecule has 0 radical (unpaired) electrons. The molecule has 8 heteroatoms. The molecule has 0 bridgehead atoms. The molecule has 0 amide bonds. The Morgan fingerprint density at radius 1 is 1.10 bits per heavy atom. The van der Waals surface area contributed by atoms with Crippen molar-refractivity contribution in [1.29, 1.82) is 0 Å². The van der Waals surface area contributed by atoms with Crippen LogP contribution in [0.5, 0.6) is 17.2 Å². The molecule has 3 rings (SSSR count). The van der Waals surface area contributed by atoms with Crippen LogP contribution in [0.4, 0.5) is 13.2 Å². The molecule has 0 saturated carbocycles. The fraction of sp³-hybridized carbons (Fsp3) is 0.273. The van der Waals surface area contributed by atoms with Gasteiger partial charge in [0.05, 0.1) is 12.7 Å². The number of fused-ring (bicyclic) bond motifs is 1. The van der Waals surface area contributed by atoms with Crippen molar-refractivity contribution in [2.75, 3.05) is 7.11 Å². The minimum atomic E-state index is -4.91. The summed E-state index contributed by atoms with van der Waals surface area (Å²) < 4.78 is 55.9. The van der Waals surface area contributed by atoms with Crippen LogP contribution in [0.2, 0.25) is 0 Å². The van der Waals surface area contributed by atoms with E-state index in [9.17, 15) is 22.8 Å². The number of carbonyl (C=O) groups excluding carboxylic acids is 2. The summed E-state index contributed by atoms with van der Waals surface area (Å²) >= 11 is 0. The molecule has 158 valence electrons. The van der Waals surface area contributed by atoms with Crippen molar-refractivity contribution in [3.05, 3.63) is 58.7 Å². The molecule has 5 nitrogen and oxygen atoms in total. The van der Waals surface area contributed by atoms with Gasteiger partial charge in [0.25, 0.3) is 5.78 Å². The zero-order valence-corrected chi connectivity index (χ0v) is 16.5. The lowest BCUT2D eigenvalue weighted by atomic mass is 9.96. The third-order valence-corrected chi connectivity index (χ3v) is 4.71. The number of hydrogen-bond acceptors (Lipinski definition) is 5.